The average molecular weight is 466 g/mol. The number of hydrogen-bond acceptors (Lipinski definition) is 6. The third-order valence-corrected chi connectivity index (χ3v) is 5.72. The lowest BCUT2D eigenvalue weighted by Crippen LogP contribution is -2.33. The van der Waals surface area contributed by atoms with E-state index in [2.05, 4.69) is 15.6 Å². The Morgan fingerprint density at radius 3 is 2.29 bits per heavy atom. The zero-order valence-electron chi connectivity index (χ0n) is 19.7. The zero-order chi connectivity index (χ0) is 24.6. The van der Waals surface area contributed by atoms with Crippen molar-refractivity contribution in [1.82, 2.24) is 4.98 Å². The van der Waals surface area contributed by atoms with E-state index in [9.17, 15) is 9.59 Å². The number of pyridine rings is 1. The van der Waals surface area contributed by atoms with Crippen molar-refractivity contribution in [3.8, 4) is 11.3 Å². The molecule has 0 aliphatic rings. The van der Waals surface area contributed by atoms with Crippen LogP contribution in [0.5, 0.6) is 0 Å². The largest absolute Gasteiger partial charge is 0.467 e. The smallest absolute Gasteiger partial charge is 0.328 e. The van der Waals surface area contributed by atoms with Gasteiger partial charge in [-0.1, -0.05) is 72.8 Å². The topological polar surface area (TPSA) is 80.3 Å². The quantitative estimate of drug-likeness (QED) is 0.261. The molecule has 0 radical (unpaired) electrons. The van der Waals surface area contributed by atoms with Crippen LogP contribution < -0.4 is 10.6 Å². The van der Waals surface area contributed by atoms with Crippen LogP contribution in [0, 0.1) is 0 Å². The van der Waals surface area contributed by atoms with Crippen LogP contribution in [0.3, 0.4) is 0 Å². The van der Waals surface area contributed by atoms with E-state index in [1.54, 1.807) is 24.3 Å². The molecular weight excluding hydrogens is 438 g/mol. The third kappa shape index (κ3) is 5.73. The molecule has 6 heteroatoms. The van der Waals surface area contributed by atoms with Crippen LogP contribution in [0.2, 0.25) is 0 Å². The summed E-state index contributed by atoms with van der Waals surface area (Å²) >= 11 is 0. The highest BCUT2D eigenvalue weighted by atomic mass is 16.5. The van der Waals surface area contributed by atoms with Crippen LogP contribution in [0.15, 0.2) is 97.1 Å². The number of carbonyl (C=O) groups is 2. The van der Waals surface area contributed by atoms with Crippen LogP contribution >= 0.6 is 0 Å². The molecule has 0 unspecified atom stereocenters. The lowest BCUT2D eigenvalue weighted by Gasteiger charge is -2.20. The average Bonchev–Trinajstić information content (AvgIpc) is 2.93. The fourth-order valence-electron chi connectivity index (χ4n) is 3.86. The molecule has 6 nitrogen and oxygen atoms in total. The van der Waals surface area contributed by atoms with E-state index in [0.29, 0.717) is 23.2 Å². The van der Waals surface area contributed by atoms with Gasteiger partial charge in [0.1, 0.15) is 11.9 Å². The van der Waals surface area contributed by atoms with Gasteiger partial charge in [-0.05, 0) is 29.8 Å². The van der Waals surface area contributed by atoms with Crippen LogP contribution in [0.4, 0.5) is 11.5 Å². The van der Waals surface area contributed by atoms with Crippen molar-refractivity contribution in [3.05, 3.63) is 114 Å². The Hall–Kier alpha value is -4.45. The van der Waals surface area contributed by atoms with Gasteiger partial charge in [-0.2, -0.15) is 0 Å². The van der Waals surface area contributed by atoms with E-state index in [1.807, 2.05) is 79.8 Å². The minimum Gasteiger partial charge on any atom is -0.467 e. The maximum Gasteiger partial charge on any atom is 0.328 e. The van der Waals surface area contributed by atoms with Crippen molar-refractivity contribution < 1.29 is 14.3 Å². The number of esters is 1. The van der Waals surface area contributed by atoms with Gasteiger partial charge in [0, 0.05) is 35.8 Å². The van der Waals surface area contributed by atoms with Crippen LogP contribution in [0.1, 0.15) is 21.5 Å². The summed E-state index contributed by atoms with van der Waals surface area (Å²) < 4.78 is 5.06. The van der Waals surface area contributed by atoms with Gasteiger partial charge in [0.2, 0.25) is 0 Å². The maximum atomic E-state index is 13.1. The molecule has 35 heavy (non-hydrogen) atoms. The predicted octanol–water partition coefficient (Wildman–Crippen LogP) is 5.22. The Morgan fingerprint density at radius 2 is 1.57 bits per heavy atom. The summed E-state index contributed by atoms with van der Waals surface area (Å²) in [5, 5.41) is 6.29. The number of para-hydroxylation sites is 1. The molecule has 0 amide bonds. The van der Waals surface area contributed by atoms with Gasteiger partial charge in [-0.25, -0.2) is 9.78 Å². The Bertz CT molecular complexity index is 1300. The maximum absolute atomic E-state index is 13.1. The second-order valence-corrected chi connectivity index (χ2v) is 8.02. The van der Waals surface area contributed by atoms with Gasteiger partial charge in [-0.15, -0.1) is 0 Å². The predicted molar refractivity (Wildman–Crippen MR) is 139 cm³/mol. The molecule has 2 N–H and O–H groups in total. The second kappa shape index (κ2) is 11.1. The number of benzene rings is 3. The number of nitrogens with one attached hydrogen (secondary N) is 2. The van der Waals surface area contributed by atoms with E-state index in [0.717, 1.165) is 22.6 Å². The monoisotopic (exact) mass is 465 g/mol. The number of nitrogens with zero attached hydrogens (tertiary/aromatic N) is 1. The Balaban J connectivity index is 1.55. The lowest BCUT2D eigenvalue weighted by atomic mass is 9.99. The standard InChI is InChI=1S/C29H27N3O3/c1-30-27-14-8-13-24(32-27)21-17-15-20(16-18-21)19-26(29(34)35-2)31-25-12-7-6-11-23(25)28(33)22-9-4-3-5-10-22/h3-18,26,31H,19H2,1-2H3,(H,30,32)/t26-/m0/s1. The Kier molecular flexibility index (Phi) is 7.53. The summed E-state index contributed by atoms with van der Waals surface area (Å²) in [5.74, 6) is 0.280. The number of ketones is 1. The first-order chi connectivity index (χ1) is 17.1. The molecule has 1 heterocycles. The molecule has 0 aliphatic heterocycles. The highest BCUT2D eigenvalue weighted by molar-refractivity contribution is 6.12. The highest BCUT2D eigenvalue weighted by Crippen LogP contribution is 2.23. The van der Waals surface area contributed by atoms with Crippen molar-refractivity contribution in [2.75, 3.05) is 24.8 Å². The Labute approximate surface area is 205 Å². The molecule has 4 aromatic rings. The number of rotatable bonds is 9. The third-order valence-electron chi connectivity index (χ3n) is 5.72. The van der Waals surface area contributed by atoms with Crippen molar-refractivity contribution in [2.24, 2.45) is 0 Å². The van der Waals surface area contributed by atoms with E-state index >= 15 is 0 Å². The lowest BCUT2D eigenvalue weighted by molar-refractivity contribution is -0.141. The van der Waals surface area contributed by atoms with Gasteiger partial charge in [0.05, 0.1) is 12.8 Å². The normalized spacial score (nSPS) is 11.4. The fraction of sp³-hybridized carbons (Fsp3) is 0.138. The van der Waals surface area contributed by atoms with Crippen LogP contribution in [-0.2, 0) is 16.0 Å². The van der Waals surface area contributed by atoms with Crippen molar-refractivity contribution >= 4 is 23.3 Å². The SMILES string of the molecule is CNc1cccc(-c2ccc(C[C@H](Nc3ccccc3C(=O)c3ccccc3)C(=O)OC)cc2)n1. The van der Waals surface area contributed by atoms with Crippen molar-refractivity contribution in [2.45, 2.75) is 12.5 Å². The molecule has 1 aromatic heterocycles. The molecule has 0 fully saturated rings. The minimum absolute atomic E-state index is 0.113. The first-order valence-corrected chi connectivity index (χ1v) is 11.4. The van der Waals surface area contributed by atoms with Crippen molar-refractivity contribution in [1.29, 1.82) is 0 Å². The molecule has 0 bridgehead atoms. The number of anilines is 2. The minimum atomic E-state index is -0.665. The number of aromatic nitrogens is 1. The number of ether oxygens (including phenoxy) is 1. The van der Waals surface area contributed by atoms with Gasteiger partial charge in [0.25, 0.3) is 0 Å². The summed E-state index contributed by atoms with van der Waals surface area (Å²) in [7, 11) is 3.20. The van der Waals surface area contributed by atoms with E-state index in [-0.39, 0.29) is 5.78 Å². The Morgan fingerprint density at radius 1 is 0.857 bits per heavy atom. The van der Waals surface area contributed by atoms with E-state index in [1.165, 1.54) is 7.11 Å². The summed E-state index contributed by atoms with van der Waals surface area (Å²) in [6, 6.07) is 29.3. The molecule has 1 atom stereocenters. The summed E-state index contributed by atoms with van der Waals surface area (Å²) in [4.78, 5) is 30.3. The van der Waals surface area contributed by atoms with Crippen LogP contribution in [-0.4, -0.2) is 36.9 Å². The molecule has 176 valence electrons. The first-order valence-electron chi connectivity index (χ1n) is 11.4. The molecule has 3 aromatic carbocycles. The summed E-state index contributed by atoms with van der Waals surface area (Å²) in [5.41, 5.74) is 4.46. The molecular formula is C29H27N3O3. The number of hydrogen-bond donors (Lipinski definition) is 2. The fourth-order valence-corrected chi connectivity index (χ4v) is 3.86. The molecule has 4 rings (SSSR count). The number of methoxy groups -OCH3 is 1. The number of carbonyl (C=O) groups excluding carboxylic acids is 2. The van der Waals surface area contributed by atoms with Gasteiger partial charge < -0.3 is 15.4 Å². The highest BCUT2D eigenvalue weighted by Gasteiger charge is 2.22. The van der Waals surface area contributed by atoms with E-state index in [4.69, 9.17) is 4.74 Å². The molecule has 0 saturated heterocycles. The van der Waals surface area contributed by atoms with Crippen molar-refractivity contribution in [3.63, 3.8) is 0 Å². The van der Waals surface area contributed by atoms with Gasteiger partial charge >= 0.3 is 5.97 Å². The molecule has 0 aliphatic carbocycles. The molecule has 0 spiro atoms. The van der Waals surface area contributed by atoms with E-state index < -0.39 is 12.0 Å². The summed E-state index contributed by atoms with van der Waals surface area (Å²) in [6.45, 7) is 0. The second-order valence-electron chi connectivity index (χ2n) is 8.02. The van der Waals surface area contributed by atoms with Crippen LogP contribution in [0.25, 0.3) is 11.3 Å². The first kappa shape index (κ1) is 23.7. The van der Waals surface area contributed by atoms with Gasteiger partial charge in [-0.3, -0.25) is 4.79 Å². The van der Waals surface area contributed by atoms with Gasteiger partial charge in [0.15, 0.2) is 5.78 Å². The molecule has 0 saturated carbocycles. The zero-order valence-corrected chi connectivity index (χ0v) is 19.7. The summed E-state index contributed by atoms with van der Waals surface area (Å²) in [6.07, 6.45) is 0.394.